The van der Waals surface area contributed by atoms with Crippen LogP contribution in [0, 0.1) is 28.5 Å². The van der Waals surface area contributed by atoms with Gasteiger partial charge in [-0.3, -0.25) is 28.7 Å². The molecule has 0 radical (unpaired) electrons. The van der Waals surface area contributed by atoms with E-state index in [1.807, 2.05) is 62.9 Å². The molecule has 2 fully saturated rings. The van der Waals surface area contributed by atoms with E-state index in [0.717, 1.165) is 12.0 Å². The molecule has 448 valence electrons. The predicted octanol–water partition coefficient (Wildman–Crippen LogP) is 4.13. The third kappa shape index (κ3) is 16.7. The fraction of sp³-hybridized carbons (Fsp3) is 0.559. The molecule has 3 aliphatic heterocycles. The van der Waals surface area contributed by atoms with Gasteiger partial charge in [-0.2, -0.15) is 10.4 Å². The molecular weight excluding hydrogens is 1070 g/mol. The maximum atomic E-state index is 14.8. The van der Waals surface area contributed by atoms with E-state index in [0.29, 0.717) is 112 Å². The molecule has 4 aromatic rings. The topological polar surface area (TPSA) is 286 Å². The van der Waals surface area contributed by atoms with Gasteiger partial charge in [-0.1, -0.05) is 58.0 Å². The minimum atomic E-state index is -0.748. The predicted molar refractivity (Wildman–Crippen MR) is 309 cm³/mol. The summed E-state index contributed by atoms with van der Waals surface area (Å²) in [7, 11) is 3.31. The fourth-order valence-corrected chi connectivity index (χ4v) is 10.5. The van der Waals surface area contributed by atoms with Gasteiger partial charge >= 0.3 is 0 Å². The molecule has 6 N–H and O–H groups in total. The highest BCUT2D eigenvalue weighted by molar-refractivity contribution is 6.01. The van der Waals surface area contributed by atoms with Crippen LogP contribution in [0.1, 0.15) is 112 Å². The summed E-state index contributed by atoms with van der Waals surface area (Å²) < 4.78 is 39.1. The van der Waals surface area contributed by atoms with Crippen molar-refractivity contribution in [1.29, 1.82) is 5.26 Å². The number of benzene rings is 2. The van der Waals surface area contributed by atoms with E-state index in [1.54, 1.807) is 30.6 Å². The number of nitrogens with two attached hydrogens (primary N) is 1. The Balaban J connectivity index is 0.791. The Morgan fingerprint density at radius 2 is 1.69 bits per heavy atom. The normalized spacial score (nSPS) is 18.1. The number of halogens is 1. The second-order valence-electron chi connectivity index (χ2n) is 22.0. The number of hydrogen-bond donors (Lipinski definition) is 5. The number of ether oxygens (including phenoxy) is 4. The molecule has 2 aromatic heterocycles. The van der Waals surface area contributed by atoms with Crippen molar-refractivity contribution < 1.29 is 47.3 Å². The Hall–Kier alpha value is -7.27. The Morgan fingerprint density at radius 3 is 2.36 bits per heavy atom. The highest BCUT2D eigenvalue weighted by Crippen LogP contribution is 2.41. The lowest BCUT2D eigenvalue weighted by Crippen LogP contribution is -2.50. The Morgan fingerprint density at radius 1 is 0.988 bits per heavy atom. The smallest absolute Gasteiger partial charge is 0.262 e. The van der Waals surface area contributed by atoms with Crippen LogP contribution in [0.15, 0.2) is 59.7 Å². The van der Waals surface area contributed by atoms with E-state index in [1.165, 1.54) is 35.5 Å². The van der Waals surface area contributed by atoms with Gasteiger partial charge < -0.3 is 60.6 Å². The number of fused-ring (bicyclic) bond motifs is 8. The number of hydrogen-bond acceptors (Lipinski definition) is 17. The van der Waals surface area contributed by atoms with Gasteiger partial charge in [0.05, 0.1) is 113 Å². The van der Waals surface area contributed by atoms with E-state index in [-0.39, 0.29) is 98.4 Å². The van der Waals surface area contributed by atoms with E-state index in [2.05, 4.69) is 42.4 Å². The van der Waals surface area contributed by atoms with Gasteiger partial charge in [0.25, 0.3) is 11.8 Å². The number of nitrogens with one attached hydrogen (secondary N) is 4. The van der Waals surface area contributed by atoms with Crippen molar-refractivity contribution in [2.24, 2.45) is 16.3 Å². The van der Waals surface area contributed by atoms with Crippen molar-refractivity contribution in [2.45, 2.75) is 110 Å². The van der Waals surface area contributed by atoms with Crippen molar-refractivity contribution in [3.8, 4) is 17.3 Å². The fourth-order valence-electron chi connectivity index (χ4n) is 10.5. The van der Waals surface area contributed by atoms with Crippen LogP contribution in [0.25, 0.3) is 11.3 Å². The van der Waals surface area contributed by atoms with Crippen LogP contribution in [0.2, 0.25) is 0 Å². The maximum absolute atomic E-state index is 14.8. The Kier molecular flexibility index (Phi) is 23.1. The number of nitrogen functional groups attached to an aromatic ring is 1. The largest absolute Gasteiger partial charge is 0.381 e. The van der Waals surface area contributed by atoms with Gasteiger partial charge in [0.2, 0.25) is 17.7 Å². The van der Waals surface area contributed by atoms with Crippen LogP contribution < -0.4 is 31.9 Å². The molecule has 2 bridgehead atoms. The Bertz CT molecular complexity index is 2930. The number of anilines is 2. The summed E-state index contributed by atoms with van der Waals surface area (Å²) in [6.45, 7) is 13.7. The van der Waals surface area contributed by atoms with Crippen molar-refractivity contribution in [1.82, 2.24) is 50.8 Å². The van der Waals surface area contributed by atoms with E-state index in [9.17, 15) is 33.6 Å². The average molecular weight is 1150 g/mol. The second kappa shape index (κ2) is 30.3. The third-order valence-electron chi connectivity index (χ3n) is 15.1. The summed E-state index contributed by atoms with van der Waals surface area (Å²) in [5, 5.41) is 27.3. The molecule has 83 heavy (non-hydrogen) atoms. The molecule has 23 nitrogen and oxygen atoms in total. The summed E-state index contributed by atoms with van der Waals surface area (Å²) in [6.07, 6.45) is 5.48. The monoisotopic (exact) mass is 1150 g/mol. The van der Waals surface area contributed by atoms with Gasteiger partial charge in [-0.15, -0.1) is 0 Å². The minimum absolute atomic E-state index is 0.0217. The van der Waals surface area contributed by atoms with Gasteiger partial charge in [0.1, 0.15) is 17.9 Å². The highest BCUT2D eigenvalue weighted by atomic mass is 19.1. The summed E-state index contributed by atoms with van der Waals surface area (Å²) in [5.74, 6) is -2.14. The van der Waals surface area contributed by atoms with E-state index < -0.39 is 29.2 Å². The molecular formula is C59H81FN14O9. The van der Waals surface area contributed by atoms with Gasteiger partial charge in [0, 0.05) is 57.5 Å². The Labute approximate surface area is 485 Å². The van der Waals surface area contributed by atoms with Gasteiger partial charge in [-0.05, 0) is 74.4 Å². The first-order valence-corrected chi connectivity index (χ1v) is 28.6. The van der Waals surface area contributed by atoms with Crippen LogP contribution in [-0.4, -0.2) is 177 Å². The number of likely N-dealkylation sites (N-methyl/N-ethyl adjacent to an activating group) is 1. The summed E-state index contributed by atoms with van der Waals surface area (Å²) in [5.41, 5.74) is 8.99. The molecule has 3 aliphatic rings. The van der Waals surface area contributed by atoms with Crippen LogP contribution in [-0.2, 0) is 51.2 Å². The van der Waals surface area contributed by atoms with Crippen molar-refractivity contribution >= 4 is 47.4 Å². The van der Waals surface area contributed by atoms with Gasteiger partial charge in [0.15, 0.2) is 17.3 Å². The number of rotatable bonds is 27. The second-order valence-corrected chi connectivity index (χ2v) is 22.0. The molecule has 0 aliphatic carbocycles. The van der Waals surface area contributed by atoms with Crippen LogP contribution >= 0.6 is 0 Å². The number of amides is 5. The van der Waals surface area contributed by atoms with Crippen molar-refractivity contribution in [2.75, 3.05) is 104 Å². The molecule has 7 rings (SSSR count). The molecule has 6 atom stereocenters. The standard InChI is InChI=1S/C59H81FN14O9/c1-8-45(39-13-10-9-11-14-39)69-56(77)49-32-41(36-73(49)58(79)44(59(3,4)5)34-67-55(76)38(2)63-6)64-20-24-81-26-28-83-30-29-82-27-25-80-23-18-51(75)65-19-22-74-50-37-71(7)57(78)42-17-16-40(60)31-43(42)48-15-12-21-72(48)54-53(62)66-35-47(68-54)52(50)46(33-61)70-74/h9-11,13-14,16-17,31,34-35,38,41,44-45,48-49,63-64H,8,12,15,18-30,32,36-37H2,1-7H3,(H2,62,66)(H,65,75)(H,69,77)/t38-,41-,44?,45+,48-,49-/m1/s1. The molecule has 2 aromatic carbocycles. The van der Waals surface area contributed by atoms with E-state index in [4.69, 9.17) is 29.7 Å². The quantitative estimate of drug-likeness (QED) is 0.0415. The van der Waals surface area contributed by atoms with Crippen molar-refractivity contribution in [3.05, 3.63) is 88.6 Å². The van der Waals surface area contributed by atoms with Crippen LogP contribution in [0.3, 0.4) is 0 Å². The lowest BCUT2D eigenvalue weighted by atomic mass is 9.80. The van der Waals surface area contributed by atoms with Gasteiger partial charge in [-0.25, -0.2) is 19.4 Å². The molecule has 0 spiro atoms. The first-order valence-electron chi connectivity index (χ1n) is 28.6. The number of carbonyl (C=O) groups excluding carboxylic acids is 5. The zero-order valence-corrected chi connectivity index (χ0v) is 48.8. The zero-order valence-electron chi connectivity index (χ0n) is 48.8. The zero-order chi connectivity index (χ0) is 59.6. The number of nitriles is 1. The lowest BCUT2D eigenvalue weighted by molar-refractivity contribution is -0.142. The van der Waals surface area contributed by atoms with Crippen LogP contribution in [0.4, 0.5) is 16.0 Å². The first kappa shape index (κ1) is 63.3. The maximum Gasteiger partial charge on any atom is 0.262 e. The van der Waals surface area contributed by atoms with Crippen LogP contribution in [0.5, 0.6) is 0 Å². The molecule has 1 unspecified atom stereocenters. The minimum Gasteiger partial charge on any atom is -0.381 e. The molecule has 5 heterocycles. The average Bonchev–Trinajstić information content (AvgIpc) is 4.16. The summed E-state index contributed by atoms with van der Waals surface area (Å²) in [4.78, 5) is 86.6. The summed E-state index contributed by atoms with van der Waals surface area (Å²) in [6, 6.07) is 14.0. The first-order chi connectivity index (χ1) is 39.9. The number of carbonyl (C=O) groups is 5. The number of aliphatic imine (C=N–C) groups is 1. The third-order valence-corrected chi connectivity index (χ3v) is 15.1. The molecule has 0 saturated carbocycles. The van der Waals surface area contributed by atoms with E-state index >= 15 is 0 Å². The lowest BCUT2D eigenvalue weighted by Gasteiger charge is -2.33. The molecule has 24 heteroatoms. The highest BCUT2D eigenvalue weighted by Gasteiger charge is 2.44. The summed E-state index contributed by atoms with van der Waals surface area (Å²) >= 11 is 0. The molecule has 2 saturated heterocycles. The number of nitrogens with zero attached hydrogens (tertiary/aromatic N) is 9. The number of likely N-dealkylation sites (tertiary alicyclic amines) is 1. The van der Waals surface area contributed by atoms with Crippen molar-refractivity contribution in [3.63, 3.8) is 0 Å². The number of aromatic nitrogens is 4. The molecule has 5 amide bonds. The SMILES string of the molecule is CC[C@H](NC(=O)[C@H]1C[C@@H](NCCOCCOCCOCCOCCC(=O)NCCn2nc(C#N)c3c2CN(C)C(=O)c2ccc(F)cc2[C@H]2CCCN2c2nc-3cnc2N)CN1C(=O)C(C=NC(=O)[C@@H](C)NC)C(C)(C)C)c1ccccc1.